The number of aromatic amines is 1. The van der Waals surface area contributed by atoms with Crippen molar-refractivity contribution in [3.05, 3.63) is 108 Å². The van der Waals surface area contributed by atoms with Crippen LogP contribution in [-0.2, 0) is 76.8 Å². The summed E-state index contributed by atoms with van der Waals surface area (Å²) in [6, 6.07) is 11.4. The van der Waals surface area contributed by atoms with E-state index in [1.54, 1.807) is 91.1 Å². The van der Waals surface area contributed by atoms with Crippen molar-refractivity contribution in [2.75, 3.05) is 83.6 Å². The maximum Gasteiger partial charge on any atom is 3.00 e. The molecule has 0 unspecified atom stereocenters. The number of carboxylic acid groups (broad SMARTS) is 4. The molecule has 14 N–H and O–H groups in total. The number of nitrogens with zero attached hydrogens (tertiary/aromatic N) is 3. The number of benzene rings is 3. The first kappa shape index (κ1) is 82.6. The molecule has 1 saturated heterocycles. The summed E-state index contributed by atoms with van der Waals surface area (Å²) >= 11 is 0. The van der Waals surface area contributed by atoms with Crippen LogP contribution in [0.25, 0.3) is 10.9 Å². The Balaban J connectivity index is 0.0000204. The van der Waals surface area contributed by atoms with E-state index < -0.39 is 177 Å². The molecular formula is C63H83InN13O19S2-. The van der Waals surface area contributed by atoms with E-state index in [9.17, 15) is 83.7 Å². The fourth-order valence-corrected chi connectivity index (χ4v) is 12.6. The van der Waals surface area contributed by atoms with E-state index in [4.69, 9.17) is 5.73 Å². The molecule has 1 aliphatic heterocycles. The van der Waals surface area contributed by atoms with E-state index in [0.29, 0.717) is 34.0 Å². The van der Waals surface area contributed by atoms with E-state index in [-0.39, 0.29) is 96.4 Å². The van der Waals surface area contributed by atoms with Gasteiger partial charge in [-0.05, 0) is 62.4 Å². The number of carbonyl (C=O) groups excluding carboxylic acids is 12. The zero-order valence-electron chi connectivity index (χ0n) is 54.1. The molecule has 0 aliphatic carbocycles. The van der Waals surface area contributed by atoms with E-state index >= 15 is 9.59 Å². The van der Waals surface area contributed by atoms with Crippen LogP contribution in [0.15, 0.2) is 91.1 Å². The first-order chi connectivity index (χ1) is 46.2. The van der Waals surface area contributed by atoms with Crippen LogP contribution in [0, 0.1) is 0 Å². The van der Waals surface area contributed by atoms with Crippen LogP contribution in [0.5, 0.6) is 0 Å². The van der Waals surface area contributed by atoms with Gasteiger partial charge >= 0.3 is 25.8 Å². The van der Waals surface area contributed by atoms with Gasteiger partial charge in [-0.1, -0.05) is 100 Å². The third-order valence-corrected chi connectivity index (χ3v) is 17.8. The van der Waals surface area contributed by atoms with Crippen molar-refractivity contribution in [3.8, 4) is 0 Å². The van der Waals surface area contributed by atoms with Gasteiger partial charge in [-0.2, -0.15) is 0 Å². The van der Waals surface area contributed by atoms with Crippen molar-refractivity contribution in [2.24, 2.45) is 5.73 Å². The van der Waals surface area contributed by atoms with Crippen LogP contribution in [0.3, 0.4) is 0 Å². The molecule has 0 bridgehead atoms. The molecule has 1 aliphatic rings. The number of unbranched alkanes of at least 4 members (excludes halogenated alkanes) is 1. The molecule has 530 valence electrons. The van der Waals surface area contributed by atoms with E-state index in [2.05, 4.69) is 47.5 Å². The largest absolute Gasteiger partial charge is 3.00 e. The summed E-state index contributed by atoms with van der Waals surface area (Å²) in [5.41, 5.74) is 8.05. The number of carboxylic acids is 4. The Bertz CT molecular complexity index is 3290. The average Bonchev–Trinajstić information content (AvgIpc) is 1.60. The molecule has 10 atom stereocenters. The van der Waals surface area contributed by atoms with Crippen molar-refractivity contribution >= 4 is 129 Å². The van der Waals surface area contributed by atoms with Gasteiger partial charge in [-0.15, -0.1) is 0 Å². The Kier molecular flexibility index (Phi) is 36.1. The van der Waals surface area contributed by atoms with Gasteiger partial charge in [0, 0.05) is 100 Å². The molecule has 8 amide bonds. The molecule has 3 aromatic carbocycles. The van der Waals surface area contributed by atoms with Crippen LogP contribution in [0.1, 0.15) is 49.8 Å². The number of carbonyl (C=O) groups is 12. The predicted molar refractivity (Wildman–Crippen MR) is 351 cm³/mol. The standard InChI is InChI=1S/C63H87N13O19S2.In/c1-37(78)48(34-77)70-62(94)50-36-97-96-35-49(71-58(90)45(25-39-13-5-3-6-14-39)66-51(80)29-75(31-53(83)84)23-21-74(30-52(81)82)22-24-76(32-54(85)86)33-55(87)88)61(93)68-46(26-40-15-7-4-8-16-40)59(91)69-47(27-41-28-65-43-18-10-9-17-42(41)43)60(92)67-44(19-11-12-20-64)57(89)73-56(38(2)79)63(95)72-50;/h3-10,13-18,28,37-38,44-50,56,65,77-79H,11-12,19-27,29-36,64H2,1-2H3,(H,66,80)(H,67,92)(H,68,93)(H,69,91)(H,70,94)(H,71,90)(H,72,95)(H,73,89)(H,81,82)(H,83,84)(H,85,86)(H,87,88);/q;+3/p-4/t37-,38-,44+,45+,46+,47-,48-,49+,50+,56+;/m1./s1/i;1-4. The van der Waals surface area contributed by atoms with Gasteiger partial charge in [0.25, 0.3) is 0 Å². The molecule has 98 heavy (non-hydrogen) atoms. The number of aromatic nitrogens is 1. The van der Waals surface area contributed by atoms with Crippen molar-refractivity contribution in [2.45, 2.75) is 113 Å². The minimum Gasteiger partial charge on any atom is -0.549 e. The number of nitrogens with one attached hydrogen (secondary N) is 9. The van der Waals surface area contributed by atoms with Crippen LogP contribution in [0.2, 0.25) is 0 Å². The number of nitrogens with two attached hydrogens (primary N) is 1. The Labute approximate surface area is 591 Å². The second kappa shape index (κ2) is 42.8. The van der Waals surface area contributed by atoms with Crippen molar-refractivity contribution < 1.29 is 93.3 Å². The molecule has 4 aromatic rings. The minimum absolute atomic E-state index is 0. The normalized spacial score (nSPS) is 19.6. The molecule has 0 radical (unpaired) electrons. The third kappa shape index (κ3) is 28.9. The molecule has 1 fully saturated rings. The Hall–Kier alpha value is -7.87. The molecule has 2 heterocycles. The average molecular weight is 1500 g/mol. The summed E-state index contributed by atoms with van der Waals surface area (Å²) in [5, 5.41) is 99.6. The smallest absolute Gasteiger partial charge is 0.549 e. The van der Waals surface area contributed by atoms with Gasteiger partial charge in [0.2, 0.25) is 47.3 Å². The number of hydrogen-bond acceptors (Lipinski definition) is 25. The van der Waals surface area contributed by atoms with Crippen molar-refractivity contribution in [3.63, 3.8) is 0 Å². The summed E-state index contributed by atoms with van der Waals surface area (Å²) in [7, 11) is 1.74. The Morgan fingerprint density at radius 1 is 0.602 bits per heavy atom. The van der Waals surface area contributed by atoms with Crippen LogP contribution < -0.4 is 68.7 Å². The first-order valence-electron chi connectivity index (χ1n) is 31.2. The molecule has 5 rings (SSSR count). The van der Waals surface area contributed by atoms with Gasteiger partial charge in [-0.25, -0.2) is 0 Å². The number of para-hydroxylation sites is 1. The first-order valence-corrected chi connectivity index (χ1v) is 33.6. The molecule has 0 saturated carbocycles. The van der Waals surface area contributed by atoms with Crippen LogP contribution in [-0.4, -0.2) is 276 Å². The predicted octanol–water partition coefficient (Wildman–Crippen LogP) is -9.12. The number of H-pyrrole nitrogens is 1. The molecule has 0 spiro atoms. The van der Waals surface area contributed by atoms with Crippen molar-refractivity contribution in [1.29, 1.82) is 0 Å². The van der Waals surface area contributed by atoms with E-state index in [1.165, 1.54) is 18.7 Å². The van der Waals surface area contributed by atoms with Gasteiger partial charge in [0.1, 0.15) is 42.3 Å². The van der Waals surface area contributed by atoms with E-state index in [1.807, 2.05) is 0 Å². The zero-order valence-corrected chi connectivity index (χ0v) is 59.0. The number of aliphatic hydroxyl groups excluding tert-OH is 3. The Morgan fingerprint density at radius 3 is 1.68 bits per heavy atom. The second-order valence-electron chi connectivity index (χ2n) is 23.2. The monoisotopic (exact) mass is 1500 g/mol. The Morgan fingerprint density at radius 2 is 1.11 bits per heavy atom. The summed E-state index contributed by atoms with van der Waals surface area (Å²) in [5.74, 6) is -15.1. The summed E-state index contributed by atoms with van der Waals surface area (Å²) in [6.07, 6.45) is -1.40. The number of amides is 8. The molecule has 35 heteroatoms. The van der Waals surface area contributed by atoms with Crippen LogP contribution in [0.4, 0.5) is 0 Å². The number of fused-ring (bicyclic) bond motifs is 1. The van der Waals surface area contributed by atoms with Crippen LogP contribution >= 0.6 is 21.6 Å². The minimum atomic E-state index is -1.78. The fourth-order valence-electron chi connectivity index (χ4n) is 10.3. The zero-order chi connectivity index (χ0) is 71.1. The molecule has 1 aromatic heterocycles. The summed E-state index contributed by atoms with van der Waals surface area (Å²) in [6.45, 7) is -3.63. The topological polar surface area (TPSA) is 506 Å². The second-order valence-corrected chi connectivity index (χ2v) is 25.7. The number of aliphatic carboxylic acids is 4. The number of aliphatic hydroxyl groups is 3. The molecular weight excluding hydrogens is 1420 g/mol. The van der Waals surface area contributed by atoms with Gasteiger partial charge in [0.15, 0.2) is 0 Å². The molecule has 32 nitrogen and oxygen atoms in total. The van der Waals surface area contributed by atoms with Gasteiger partial charge in [-0.3, -0.25) is 53.1 Å². The number of hydrogen-bond donors (Lipinski definition) is 13. The summed E-state index contributed by atoms with van der Waals surface area (Å²) in [4.78, 5) is 170. The summed E-state index contributed by atoms with van der Waals surface area (Å²) < 4.78 is 0. The van der Waals surface area contributed by atoms with Gasteiger partial charge in [0.05, 0.1) is 55.3 Å². The van der Waals surface area contributed by atoms with Crippen molar-refractivity contribution in [1.82, 2.24) is 62.2 Å². The maximum absolute atomic E-state index is 15.2. The number of rotatable bonds is 34. The maximum atomic E-state index is 15.2. The van der Waals surface area contributed by atoms with Gasteiger partial charge < -0.3 is 108 Å². The quantitative estimate of drug-likeness (QED) is 0.0153. The van der Waals surface area contributed by atoms with E-state index in [0.717, 1.165) is 31.4 Å². The SMILES string of the molecule is C[C@@H](O)[C@@H]1NC(=O)[C@H](CCCCN)NC(=O)[C@@H](Cc2c[nH]c3ccccc23)NC(=O)[C@H](Cc2ccccc2)NC(=O)[C@@H](NC(=O)[C@H](Cc2ccccc2)NC(=O)CN(CCN(CCN(CC(=O)[O-])CC(=O)[O-])CC(=O)[O-])CC(=O)[O-])CSSC[C@@H](C(=O)N[C@H](CO)[C@@H](C)O)NC1=O.[111In+3]. The fraction of sp³-hybridized carbons (Fsp3) is 0.492. The third-order valence-electron chi connectivity index (χ3n) is 15.4.